The zero-order chi connectivity index (χ0) is 3.58. The molecule has 22 valence electrons. The van der Waals surface area contributed by atoms with Crippen LogP contribution in [0, 0.1) is 0 Å². The first-order valence-corrected chi connectivity index (χ1v) is 4.42. The Balaban J connectivity index is 2.32. The van der Waals surface area contributed by atoms with Crippen molar-refractivity contribution in [2.75, 3.05) is 0 Å². The summed E-state index contributed by atoms with van der Waals surface area (Å²) in [6.07, 6.45) is 0. The molecule has 0 amide bonds. The molecule has 0 fully saturated rings. The third kappa shape index (κ3) is 30.0. The molecule has 0 aliphatic carbocycles. The Morgan fingerprint density at radius 1 is 2.00 bits per heavy atom. The van der Waals surface area contributed by atoms with Crippen LogP contribution in [0.4, 0.5) is 0 Å². The van der Waals surface area contributed by atoms with E-state index in [0.29, 0.717) is 0 Å². The summed E-state index contributed by atoms with van der Waals surface area (Å²) in [4.78, 5) is 8.07. The Morgan fingerprint density at radius 2 is 2.00 bits per heavy atom. The fourth-order valence-electron chi connectivity index (χ4n) is 0. The Labute approximate surface area is 30.6 Å². The molecule has 0 saturated carbocycles. The maximum absolute atomic E-state index is 8.07. The molecule has 4 radical (unpaired) electrons. The van der Waals surface area contributed by atoms with Crippen LogP contribution in [0.1, 0.15) is 0 Å². The molecule has 0 bridgehead atoms. The second-order valence-electron chi connectivity index (χ2n) is 0.585. The highest BCUT2D eigenvalue weighted by Gasteiger charge is 1.77. The summed E-state index contributed by atoms with van der Waals surface area (Å²) in [5.41, 5.74) is 0. The van der Waals surface area contributed by atoms with Crippen molar-refractivity contribution < 1.29 is 4.80 Å². The highest BCUT2D eigenvalue weighted by molar-refractivity contribution is 6.97. The van der Waals surface area contributed by atoms with Crippen LogP contribution in [-0.2, 0) is 0 Å². The van der Waals surface area contributed by atoms with Crippen LogP contribution in [0.5, 0.6) is 0 Å². The first-order valence-electron chi connectivity index (χ1n) is 0.974. The van der Waals surface area contributed by atoms with Crippen molar-refractivity contribution in [2.45, 2.75) is 6.55 Å². The van der Waals surface area contributed by atoms with Gasteiger partial charge in [0.15, 0.2) is 8.56 Å². The summed E-state index contributed by atoms with van der Waals surface area (Å²) in [5, 5.41) is 0. The van der Waals surface area contributed by atoms with Gasteiger partial charge >= 0.3 is 0 Å². The van der Waals surface area contributed by atoms with Gasteiger partial charge in [-0.25, -0.2) is 0 Å². The molecule has 1 nitrogen and oxygen atoms in total. The smallest absolute Gasteiger partial charge is 0.178 e. The lowest BCUT2D eigenvalue weighted by atomic mass is 11.9. The molecule has 0 aliphatic rings. The zero-order valence-electron chi connectivity index (χ0n) is 2.45. The van der Waals surface area contributed by atoms with Gasteiger partial charge < -0.3 is 4.80 Å². The van der Waals surface area contributed by atoms with Crippen molar-refractivity contribution >= 4 is 18.3 Å². The second kappa shape index (κ2) is 1.69. The zero-order valence-corrected chi connectivity index (χ0v) is 4.45. The molecule has 4 heavy (non-hydrogen) atoms. The molecule has 0 aromatic carbocycles. The Morgan fingerprint density at radius 3 is 2.00 bits per heavy atom. The SMILES string of the molecule is C[Si](O)[Si]. The molecule has 0 aromatic heterocycles. The molecule has 0 heterocycles. The van der Waals surface area contributed by atoms with Gasteiger partial charge in [-0.15, -0.1) is 0 Å². The first kappa shape index (κ1) is 4.39. The van der Waals surface area contributed by atoms with Crippen molar-refractivity contribution in [2.24, 2.45) is 0 Å². The molecule has 0 saturated heterocycles. The minimum atomic E-state index is -1.07. The largest absolute Gasteiger partial charge is 0.436 e. The molecule has 0 spiro atoms. The summed E-state index contributed by atoms with van der Waals surface area (Å²) in [7, 11) is 1.90. The molecule has 0 aromatic rings. The number of hydrogen-bond donors (Lipinski definition) is 1. The van der Waals surface area contributed by atoms with Crippen LogP contribution in [-0.4, -0.2) is 23.1 Å². The summed E-state index contributed by atoms with van der Waals surface area (Å²) in [6.45, 7) is 1.74. The van der Waals surface area contributed by atoms with E-state index in [1.54, 1.807) is 6.55 Å². The molecule has 0 rings (SSSR count). The van der Waals surface area contributed by atoms with Gasteiger partial charge in [0.25, 0.3) is 0 Å². The lowest BCUT2D eigenvalue weighted by Gasteiger charge is -1.74. The highest BCUT2D eigenvalue weighted by atomic mass is 29.2. The maximum atomic E-state index is 8.07. The van der Waals surface area contributed by atoms with E-state index < -0.39 is 8.56 Å². The van der Waals surface area contributed by atoms with Gasteiger partial charge in [0.1, 0.15) is 0 Å². The van der Waals surface area contributed by atoms with Crippen molar-refractivity contribution in [1.29, 1.82) is 0 Å². The lowest BCUT2D eigenvalue weighted by Crippen LogP contribution is -2.02. The van der Waals surface area contributed by atoms with Crippen molar-refractivity contribution in [3.8, 4) is 0 Å². The van der Waals surface area contributed by atoms with E-state index in [-0.39, 0.29) is 0 Å². The molecule has 0 aliphatic heterocycles. The first-order chi connectivity index (χ1) is 1.73. The van der Waals surface area contributed by atoms with Crippen LogP contribution in [0.25, 0.3) is 0 Å². The summed E-state index contributed by atoms with van der Waals surface area (Å²) >= 11 is 0. The van der Waals surface area contributed by atoms with Crippen LogP contribution in [0.2, 0.25) is 6.55 Å². The topological polar surface area (TPSA) is 20.2 Å². The lowest BCUT2D eigenvalue weighted by molar-refractivity contribution is 0.601. The average Bonchev–Trinajstić information content (AvgIpc) is 0.811. The second-order valence-corrected chi connectivity index (χ2v) is 3.93. The van der Waals surface area contributed by atoms with E-state index in [2.05, 4.69) is 9.76 Å². The molecule has 0 atom stereocenters. The number of rotatable bonds is 0. The molecular formula is CH4OSi2. The van der Waals surface area contributed by atoms with Crippen molar-refractivity contribution in [3.63, 3.8) is 0 Å². The van der Waals surface area contributed by atoms with Crippen LogP contribution < -0.4 is 0 Å². The predicted molar refractivity (Wildman–Crippen MR) is 19.6 cm³/mol. The van der Waals surface area contributed by atoms with Crippen LogP contribution >= 0.6 is 0 Å². The van der Waals surface area contributed by atoms with Gasteiger partial charge in [0.2, 0.25) is 0 Å². The van der Waals surface area contributed by atoms with E-state index in [1.165, 1.54) is 0 Å². The minimum Gasteiger partial charge on any atom is -0.436 e. The monoisotopic (exact) mass is 88.0 g/mol. The van der Waals surface area contributed by atoms with Crippen molar-refractivity contribution in [1.82, 2.24) is 0 Å². The minimum absolute atomic E-state index is 1.07. The van der Waals surface area contributed by atoms with Gasteiger partial charge in [0.05, 0.1) is 0 Å². The van der Waals surface area contributed by atoms with E-state index >= 15 is 0 Å². The van der Waals surface area contributed by atoms with Gasteiger partial charge in [-0.05, 0) is 6.55 Å². The van der Waals surface area contributed by atoms with E-state index in [4.69, 9.17) is 4.80 Å². The predicted octanol–water partition coefficient (Wildman–Crippen LogP) is -0.735. The van der Waals surface area contributed by atoms with E-state index in [1.807, 2.05) is 0 Å². The quantitative estimate of drug-likeness (QED) is 0.387. The molecule has 0 unspecified atom stereocenters. The summed E-state index contributed by atoms with van der Waals surface area (Å²) < 4.78 is 0. The van der Waals surface area contributed by atoms with Crippen LogP contribution in [0.3, 0.4) is 0 Å². The normalized spacial score (nSPS) is 9.00. The van der Waals surface area contributed by atoms with Crippen molar-refractivity contribution in [3.05, 3.63) is 0 Å². The third-order valence-electron chi connectivity index (χ3n) is 0. The van der Waals surface area contributed by atoms with E-state index in [0.717, 1.165) is 0 Å². The third-order valence-corrected chi connectivity index (χ3v) is 0. The fraction of sp³-hybridized carbons (Fsp3) is 1.00. The Kier molecular flexibility index (Phi) is 1.85. The van der Waals surface area contributed by atoms with E-state index in [9.17, 15) is 0 Å². The summed E-state index contributed by atoms with van der Waals surface area (Å²) in [6, 6.07) is 0. The van der Waals surface area contributed by atoms with Gasteiger partial charge in [-0.2, -0.15) is 0 Å². The Hall–Kier alpha value is 0.394. The molecule has 1 N–H and O–H groups in total. The average molecular weight is 88.2 g/mol. The maximum Gasteiger partial charge on any atom is 0.178 e. The van der Waals surface area contributed by atoms with Gasteiger partial charge in [-0.1, -0.05) is 0 Å². The van der Waals surface area contributed by atoms with Crippen LogP contribution in [0.15, 0.2) is 0 Å². The number of hydrogen-bond acceptors (Lipinski definition) is 1. The van der Waals surface area contributed by atoms with Gasteiger partial charge in [-0.3, -0.25) is 0 Å². The fourth-order valence-corrected chi connectivity index (χ4v) is 0. The standard InChI is InChI=1S/CH4OSi2/c1-4(2)3/h2H,1H3. The molecular weight excluding hydrogens is 84.2 g/mol. The Bertz CT molecular complexity index is 10.8. The highest BCUT2D eigenvalue weighted by Crippen LogP contribution is 1.50. The summed E-state index contributed by atoms with van der Waals surface area (Å²) in [5.74, 6) is 0. The van der Waals surface area contributed by atoms with Gasteiger partial charge in [0, 0.05) is 9.76 Å². The molecule has 3 heteroatoms.